The van der Waals surface area contributed by atoms with Gasteiger partial charge in [0, 0.05) is 7.11 Å². The number of hydrogen-bond donors (Lipinski definition) is 0. The van der Waals surface area contributed by atoms with Gasteiger partial charge in [-0.1, -0.05) is 13.8 Å². The Labute approximate surface area is 79.6 Å². The zero-order valence-corrected chi connectivity index (χ0v) is 8.62. The third kappa shape index (κ3) is 0.909. The molecular formula is C11H18O2. The van der Waals surface area contributed by atoms with E-state index in [2.05, 4.69) is 13.8 Å². The van der Waals surface area contributed by atoms with Crippen LogP contribution < -0.4 is 0 Å². The van der Waals surface area contributed by atoms with Crippen LogP contribution >= 0.6 is 0 Å². The van der Waals surface area contributed by atoms with Crippen LogP contribution in [0.15, 0.2) is 0 Å². The number of ether oxygens (including phenoxy) is 2. The fourth-order valence-corrected chi connectivity index (χ4v) is 3.64. The summed E-state index contributed by atoms with van der Waals surface area (Å²) >= 11 is 0. The van der Waals surface area contributed by atoms with Crippen molar-refractivity contribution in [3.63, 3.8) is 0 Å². The highest BCUT2D eigenvalue weighted by atomic mass is 16.6. The molecule has 3 rings (SSSR count). The number of methoxy groups -OCH3 is 1. The quantitative estimate of drug-likeness (QED) is 0.577. The van der Waals surface area contributed by atoms with Crippen LogP contribution in [0.1, 0.15) is 26.7 Å². The molecule has 2 nitrogen and oxygen atoms in total. The second kappa shape index (κ2) is 2.29. The molecule has 1 heterocycles. The van der Waals surface area contributed by atoms with Crippen LogP contribution in [0.3, 0.4) is 0 Å². The number of epoxide rings is 1. The van der Waals surface area contributed by atoms with Crippen molar-refractivity contribution in [2.24, 2.45) is 17.3 Å². The van der Waals surface area contributed by atoms with E-state index in [4.69, 9.17) is 9.47 Å². The third-order valence-electron chi connectivity index (χ3n) is 4.63. The van der Waals surface area contributed by atoms with Crippen molar-refractivity contribution in [2.45, 2.75) is 45.0 Å². The van der Waals surface area contributed by atoms with Crippen molar-refractivity contribution >= 4 is 0 Å². The summed E-state index contributed by atoms with van der Waals surface area (Å²) in [6, 6.07) is 0. The van der Waals surface area contributed by atoms with E-state index in [0.29, 0.717) is 23.7 Å². The lowest BCUT2D eigenvalue weighted by Gasteiger charge is -2.43. The molecule has 0 aromatic carbocycles. The van der Waals surface area contributed by atoms with E-state index in [0.717, 1.165) is 11.8 Å². The first-order valence-electron chi connectivity index (χ1n) is 5.33. The van der Waals surface area contributed by atoms with Gasteiger partial charge in [-0.05, 0) is 30.1 Å². The second-order valence-corrected chi connectivity index (χ2v) is 5.43. The van der Waals surface area contributed by atoms with E-state index in [1.54, 1.807) is 0 Å². The lowest BCUT2D eigenvalue weighted by atomic mass is 9.66. The van der Waals surface area contributed by atoms with Crippen molar-refractivity contribution in [1.82, 2.24) is 0 Å². The van der Waals surface area contributed by atoms with E-state index in [1.165, 1.54) is 12.8 Å². The smallest absolute Gasteiger partial charge is 0.0879 e. The molecule has 0 amide bonds. The Hall–Kier alpha value is -0.0800. The molecule has 0 N–H and O–H groups in total. The molecule has 2 bridgehead atoms. The molecule has 1 saturated heterocycles. The van der Waals surface area contributed by atoms with Crippen molar-refractivity contribution < 1.29 is 9.47 Å². The van der Waals surface area contributed by atoms with Crippen molar-refractivity contribution in [1.29, 1.82) is 0 Å². The summed E-state index contributed by atoms with van der Waals surface area (Å²) in [5.41, 5.74) is 0.503. The average molecular weight is 182 g/mol. The zero-order valence-electron chi connectivity index (χ0n) is 8.62. The van der Waals surface area contributed by atoms with Crippen molar-refractivity contribution in [3.05, 3.63) is 0 Å². The molecule has 1 aliphatic heterocycles. The van der Waals surface area contributed by atoms with Crippen LogP contribution in [0.5, 0.6) is 0 Å². The van der Waals surface area contributed by atoms with Gasteiger partial charge in [-0.15, -0.1) is 0 Å². The van der Waals surface area contributed by atoms with Crippen LogP contribution in [0.25, 0.3) is 0 Å². The fourth-order valence-electron chi connectivity index (χ4n) is 3.64. The summed E-state index contributed by atoms with van der Waals surface area (Å²) in [6.07, 6.45) is 4.09. The highest BCUT2D eigenvalue weighted by Crippen LogP contribution is 2.63. The highest BCUT2D eigenvalue weighted by Gasteiger charge is 2.67. The summed E-state index contributed by atoms with van der Waals surface area (Å²) in [4.78, 5) is 0. The van der Waals surface area contributed by atoms with Crippen LogP contribution in [-0.4, -0.2) is 25.4 Å². The number of rotatable bonds is 1. The fraction of sp³-hybridized carbons (Fsp3) is 1.00. The molecule has 0 aromatic heterocycles. The predicted molar refractivity (Wildman–Crippen MR) is 49.5 cm³/mol. The van der Waals surface area contributed by atoms with Gasteiger partial charge < -0.3 is 9.47 Å². The first-order valence-corrected chi connectivity index (χ1v) is 5.33. The van der Waals surface area contributed by atoms with E-state index >= 15 is 0 Å². The SMILES string of the molecule is COC1CC2C3OC3C(C1)C2(C)C. The summed E-state index contributed by atoms with van der Waals surface area (Å²) in [5.74, 6) is 1.50. The van der Waals surface area contributed by atoms with E-state index in [-0.39, 0.29) is 0 Å². The number of hydrogen-bond acceptors (Lipinski definition) is 2. The monoisotopic (exact) mass is 182 g/mol. The molecule has 4 atom stereocenters. The maximum absolute atomic E-state index is 5.69. The van der Waals surface area contributed by atoms with Crippen molar-refractivity contribution in [2.75, 3.05) is 7.11 Å². The molecular weight excluding hydrogens is 164 g/mol. The first-order chi connectivity index (χ1) is 6.14. The molecule has 4 unspecified atom stereocenters. The number of fused-ring (bicyclic) bond motifs is 5. The molecule has 0 aromatic rings. The molecule has 0 radical (unpaired) electrons. The Morgan fingerprint density at radius 3 is 2.15 bits per heavy atom. The van der Waals surface area contributed by atoms with Crippen molar-refractivity contribution in [3.8, 4) is 0 Å². The minimum absolute atomic E-state index is 0.499. The summed E-state index contributed by atoms with van der Waals surface area (Å²) < 4.78 is 11.2. The maximum atomic E-state index is 5.69. The average Bonchev–Trinajstić information content (AvgIpc) is 2.77. The zero-order chi connectivity index (χ0) is 9.22. The predicted octanol–water partition coefficient (Wildman–Crippen LogP) is 1.83. The van der Waals surface area contributed by atoms with Gasteiger partial charge >= 0.3 is 0 Å². The Morgan fingerprint density at radius 1 is 1.15 bits per heavy atom. The van der Waals surface area contributed by atoms with Gasteiger partial charge in [0.2, 0.25) is 0 Å². The molecule has 2 heteroatoms. The minimum atomic E-state index is 0.499. The van der Waals surface area contributed by atoms with Crippen LogP contribution in [0, 0.1) is 17.3 Å². The lowest BCUT2D eigenvalue weighted by molar-refractivity contribution is -0.0511. The Balaban J connectivity index is 1.88. The van der Waals surface area contributed by atoms with E-state index in [9.17, 15) is 0 Å². The molecule has 0 spiro atoms. The van der Waals surface area contributed by atoms with Crippen LogP contribution in [-0.2, 0) is 9.47 Å². The summed E-state index contributed by atoms with van der Waals surface area (Å²) in [7, 11) is 1.84. The topological polar surface area (TPSA) is 21.8 Å². The molecule has 13 heavy (non-hydrogen) atoms. The third-order valence-corrected chi connectivity index (χ3v) is 4.63. The Bertz CT molecular complexity index is 216. The molecule has 2 saturated carbocycles. The van der Waals surface area contributed by atoms with E-state index < -0.39 is 0 Å². The molecule has 3 aliphatic rings. The summed E-state index contributed by atoms with van der Waals surface area (Å²) in [5, 5.41) is 0. The van der Waals surface area contributed by atoms with Gasteiger partial charge in [-0.2, -0.15) is 0 Å². The van der Waals surface area contributed by atoms with Gasteiger partial charge in [0.1, 0.15) is 0 Å². The Kier molecular flexibility index (Phi) is 1.45. The van der Waals surface area contributed by atoms with Gasteiger partial charge in [0.15, 0.2) is 0 Å². The van der Waals surface area contributed by atoms with Gasteiger partial charge in [0.05, 0.1) is 18.3 Å². The minimum Gasteiger partial charge on any atom is -0.381 e. The molecule has 3 fully saturated rings. The molecule has 74 valence electrons. The van der Waals surface area contributed by atoms with Crippen LogP contribution in [0.4, 0.5) is 0 Å². The Morgan fingerprint density at radius 2 is 1.69 bits per heavy atom. The summed E-state index contributed by atoms with van der Waals surface area (Å²) in [6.45, 7) is 4.81. The normalized spacial score (nSPS) is 56.1. The lowest BCUT2D eigenvalue weighted by Crippen LogP contribution is -2.40. The second-order valence-electron chi connectivity index (χ2n) is 5.43. The van der Waals surface area contributed by atoms with E-state index in [1.807, 2.05) is 7.11 Å². The maximum Gasteiger partial charge on any atom is 0.0879 e. The van der Waals surface area contributed by atoms with Crippen LogP contribution in [0.2, 0.25) is 0 Å². The highest BCUT2D eigenvalue weighted by molar-refractivity contribution is 5.15. The largest absolute Gasteiger partial charge is 0.381 e. The van der Waals surface area contributed by atoms with Gasteiger partial charge in [0.25, 0.3) is 0 Å². The standard InChI is InChI=1S/C11H18O2/c1-11(2)7-4-6(12-3)5-8(11)10-9(7)13-10/h6-10H,4-5H2,1-3H3. The molecule has 2 aliphatic carbocycles. The van der Waals surface area contributed by atoms with Gasteiger partial charge in [-0.25, -0.2) is 0 Å². The van der Waals surface area contributed by atoms with Gasteiger partial charge in [-0.3, -0.25) is 0 Å². The first kappa shape index (κ1) is 8.25.